The molecule has 2 aromatic carbocycles. The van der Waals surface area contributed by atoms with Crippen molar-refractivity contribution in [1.29, 1.82) is 0 Å². The van der Waals surface area contributed by atoms with E-state index in [0.29, 0.717) is 13.0 Å². The molecule has 5 nitrogen and oxygen atoms in total. The predicted molar refractivity (Wildman–Crippen MR) is 134 cm³/mol. The molecule has 0 aliphatic heterocycles. The Bertz CT molecular complexity index is 1090. The first-order chi connectivity index (χ1) is 15.8. The number of carboxylic acids is 1. The van der Waals surface area contributed by atoms with Crippen LogP contribution < -0.4 is 10.1 Å². The Hall–Kier alpha value is -3.60. The molecule has 0 aliphatic rings. The Kier molecular flexibility index (Phi) is 8.25. The summed E-state index contributed by atoms with van der Waals surface area (Å²) in [5, 5.41) is 12.6. The van der Waals surface area contributed by atoms with E-state index in [1.165, 1.54) is 5.56 Å². The predicted octanol–water partition coefficient (Wildman–Crippen LogP) is 6.44. The molecule has 0 saturated heterocycles. The maximum absolute atomic E-state index is 11.2. The van der Waals surface area contributed by atoms with Crippen molar-refractivity contribution in [3.63, 3.8) is 0 Å². The van der Waals surface area contributed by atoms with Crippen molar-refractivity contribution < 1.29 is 14.6 Å². The lowest BCUT2D eigenvalue weighted by atomic mass is 9.88. The number of nitrogens with zero attached hydrogens (tertiary/aromatic N) is 1. The number of aromatic nitrogens is 1. The van der Waals surface area contributed by atoms with Crippen LogP contribution in [0.25, 0.3) is 12.2 Å². The number of hydrogen-bond acceptors (Lipinski definition) is 4. The van der Waals surface area contributed by atoms with Gasteiger partial charge in [-0.15, -0.1) is 0 Å². The number of rotatable bonds is 11. The summed E-state index contributed by atoms with van der Waals surface area (Å²) in [6, 6.07) is 22.0. The minimum atomic E-state index is -0.756. The van der Waals surface area contributed by atoms with E-state index >= 15 is 0 Å². The molecule has 0 radical (unpaired) electrons. The summed E-state index contributed by atoms with van der Waals surface area (Å²) < 4.78 is 5.83. The summed E-state index contributed by atoms with van der Waals surface area (Å²) in [5.74, 6) is 0.0770. The highest BCUT2D eigenvalue weighted by atomic mass is 16.5. The van der Waals surface area contributed by atoms with Crippen molar-refractivity contribution in [3.05, 3.63) is 89.2 Å². The minimum absolute atomic E-state index is 0.419. The average Bonchev–Trinajstić information content (AvgIpc) is 2.81. The number of pyridine rings is 1. The molecule has 0 fully saturated rings. The molecule has 3 rings (SSSR count). The summed E-state index contributed by atoms with van der Waals surface area (Å²) in [7, 11) is 0. The zero-order valence-electron chi connectivity index (χ0n) is 19.5. The average molecular weight is 445 g/mol. The van der Waals surface area contributed by atoms with Crippen molar-refractivity contribution in [3.8, 4) is 5.75 Å². The highest BCUT2D eigenvalue weighted by Crippen LogP contribution is 2.22. The molecule has 3 aromatic rings. The van der Waals surface area contributed by atoms with E-state index in [2.05, 4.69) is 23.3 Å². The second-order valence-corrected chi connectivity index (χ2v) is 8.83. The van der Waals surface area contributed by atoms with Gasteiger partial charge in [-0.2, -0.15) is 0 Å². The number of nitrogens with one attached hydrogen (secondary N) is 1. The Morgan fingerprint density at radius 2 is 1.82 bits per heavy atom. The van der Waals surface area contributed by atoms with Gasteiger partial charge in [0.05, 0.1) is 16.8 Å². The van der Waals surface area contributed by atoms with Crippen molar-refractivity contribution in [1.82, 2.24) is 4.98 Å². The van der Waals surface area contributed by atoms with Crippen LogP contribution in [0.5, 0.6) is 5.75 Å². The third-order valence-electron chi connectivity index (χ3n) is 5.46. The zero-order valence-corrected chi connectivity index (χ0v) is 19.5. The third kappa shape index (κ3) is 7.79. The second-order valence-electron chi connectivity index (χ2n) is 8.83. The maximum atomic E-state index is 11.2. The molecule has 172 valence electrons. The lowest BCUT2D eigenvalue weighted by molar-refractivity contribution is -0.147. The number of benzene rings is 2. The molecule has 5 heteroatoms. The highest BCUT2D eigenvalue weighted by Gasteiger charge is 2.25. The van der Waals surface area contributed by atoms with Gasteiger partial charge in [-0.25, -0.2) is 4.98 Å². The van der Waals surface area contributed by atoms with Crippen LogP contribution >= 0.6 is 0 Å². The number of aryl methyl sites for hydroxylation is 1. The molecule has 0 unspecified atom stereocenters. The fourth-order valence-corrected chi connectivity index (χ4v) is 3.27. The van der Waals surface area contributed by atoms with Crippen LogP contribution in [0.3, 0.4) is 0 Å². The smallest absolute Gasteiger partial charge is 0.309 e. The van der Waals surface area contributed by atoms with Crippen molar-refractivity contribution >= 4 is 23.8 Å². The van der Waals surface area contributed by atoms with Crippen LogP contribution in [-0.2, 0) is 11.4 Å². The molecule has 0 bridgehead atoms. The van der Waals surface area contributed by atoms with Crippen LogP contribution in [-0.4, -0.2) is 22.6 Å². The Morgan fingerprint density at radius 1 is 1.06 bits per heavy atom. The van der Waals surface area contributed by atoms with Gasteiger partial charge in [0.15, 0.2) is 0 Å². The molecule has 1 heterocycles. The first-order valence-corrected chi connectivity index (χ1v) is 11.2. The van der Waals surface area contributed by atoms with Crippen LogP contribution in [0.1, 0.15) is 49.2 Å². The van der Waals surface area contributed by atoms with Crippen LogP contribution in [0, 0.1) is 12.3 Å². The summed E-state index contributed by atoms with van der Waals surface area (Å²) >= 11 is 0. The number of aliphatic carboxylic acids is 1. The summed E-state index contributed by atoms with van der Waals surface area (Å²) in [4.78, 5) is 15.9. The third-order valence-corrected chi connectivity index (χ3v) is 5.46. The number of ether oxygens (including phenoxy) is 1. The number of carboxylic acid groups (broad SMARTS) is 1. The fourth-order valence-electron chi connectivity index (χ4n) is 3.27. The summed E-state index contributed by atoms with van der Waals surface area (Å²) in [6.45, 7) is 6.73. The molecular formula is C28H32N2O3. The van der Waals surface area contributed by atoms with Gasteiger partial charge < -0.3 is 15.2 Å². The SMILES string of the molecule is Cc1ccc(OCc2cccc(C=Cc3cccc(NCCCC(C)(C)C(=O)O)c3)n2)cc1. The molecule has 0 spiro atoms. The number of hydrogen-bond donors (Lipinski definition) is 2. The lowest BCUT2D eigenvalue weighted by Gasteiger charge is -2.18. The van der Waals surface area contributed by atoms with Gasteiger partial charge in [0, 0.05) is 12.2 Å². The molecule has 0 amide bonds. The van der Waals surface area contributed by atoms with Crippen LogP contribution in [0.2, 0.25) is 0 Å². The van der Waals surface area contributed by atoms with E-state index in [9.17, 15) is 9.90 Å². The van der Waals surface area contributed by atoms with E-state index in [0.717, 1.165) is 41.4 Å². The normalized spacial score (nSPS) is 11.5. The first kappa shape index (κ1) is 24.1. The number of carbonyl (C=O) groups is 1. The van der Waals surface area contributed by atoms with E-state index in [1.807, 2.05) is 72.8 Å². The fraction of sp³-hybridized carbons (Fsp3) is 0.286. The Morgan fingerprint density at radius 3 is 2.58 bits per heavy atom. The van der Waals surface area contributed by atoms with E-state index in [-0.39, 0.29) is 0 Å². The first-order valence-electron chi connectivity index (χ1n) is 11.2. The topological polar surface area (TPSA) is 71.5 Å². The largest absolute Gasteiger partial charge is 0.487 e. The summed E-state index contributed by atoms with van der Waals surface area (Å²) in [5.41, 5.74) is 4.33. The lowest BCUT2D eigenvalue weighted by Crippen LogP contribution is -2.24. The molecule has 33 heavy (non-hydrogen) atoms. The Labute approximate surface area is 196 Å². The van der Waals surface area contributed by atoms with Gasteiger partial charge in [-0.1, -0.05) is 42.0 Å². The van der Waals surface area contributed by atoms with Crippen molar-refractivity contribution in [2.24, 2.45) is 5.41 Å². The van der Waals surface area contributed by atoms with E-state index in [1.54, 1.807) is 13.8 Å². The maximum Gasteiger partial charge on any atom is 0.309 e. The van der Waals surface area contributed by atoms with Gasteiger partial charge in [0.25, 0.3) is 0 Å². The molecule has 0 saturated carbocycles. The van der Waals surface area contributed by atoms with Crippen molar-refractivity contribution in [2.45, 2.75) is 40.2 Å². The molecule has 0 aliphatic carbocycles. The minimum Gasteiger partial charge on any atom is -0.487 e. The monoisotopic (exact) mass is 444 g/mol. The van der Waals surface area contributed by atoms with Gasteiger partial charge >= 0.3 is 5.97 Å². The molecule has 0 atom stereocenters. The van der Waals surface area contributed by atoms with Gasteiger partial charge in [-0.05, 0) is 81.7 Å². The zero-order chi connectivity index (χ0) is 23.7. The van der Waals surface area contributed by atoms with Crippen LogP contribution in [0.15, 0.2) is 66.7 Å². The number of anilines is 1. The summed E-state index contributed by atoms with van der Waals surface area (Å²) in [6.07, 6.45) is 5.45. The van der Waals surface area contributed by atoms with E-state index in [4.69, 9.17) is 4.74 Å². The van der Waals surface area contributed by atoms with Crippen molar-refractivity contribution in [2.75, 3.05) is 11.9 Å². The van der Waals surface area contributed by atoms with Gasteiger partial charge in [0.1, 0.15) is 12.4 Å². The second kappa shape index (κ2) is 11.3. The highest BCUT2D eigenvalue weighted by molar-refractivity contribution is 5.73. The standard InChI is InChI=1S/C28H32N2O3/c1-21-11-15-26(16-12-21)33-20-25-10-5-8-23(30-25)14-13-22-7-4-9-24(19-22)29-18-6-17-28(2,3)27(31)32/h4-5,7-16,19,29H,6,17-18,20H2,1-3H3,(H,31,32). The molecular weight excluding hydrogens is 412 g/mol. The van der Waals surface area contributed by atoms with Crippen LogP contribution in [0.4, 0.5) is 5.69 Å². The van der Waals surface area contributed by atoms with Gasteiger partial charge in [0.2, 0.25) is 0 Å². The van der Waals surface area contributed by atoms with E-state index < -0.39 is 11.4 Å². The molecule has 1 aromatic heterocycles. The quantitative estimate of drug-likeness (QED) is 0.333. The van der Waals surface area contributed by atoms with Gasteiger partial charge in [-0.3, -0.25) is 4.79 Å². The Balaban J connectivity index is 1.53. The molecule has 2 N–H and O–H groups in total.